The van der Waals surface area contributed by atoms with Gasteiger partial charge in [0.1, 0.15) is 5.75 Å². The second kappa shape index (κ2) is 6.38. The summed E-state index contributed by atoms with van der Waals surface area (Å²) < 4.78 is 28.6. The van der Waals surface area contributed by atoms with Gasteiger partial charge < -0.3 is 9.57 Å². The summed E-state index contributed by atoms with van der Waals surface area (Å²) in [6, 6.07) is 8.64. The molecule has 0 saturated heterocycles. The lowest BCUT2D eigenvalue weighted by molar-refractivity contribution is -0.163. The molecule has 1 aliphatic rings. The van der Waals surface area contributed by atoms with Crippen LogP contribution in [0.5, 0.6) is 0 Å². The minimum absolute atomic E-state index is 0.0339. The number of ether oxygens (including phenoxy) is 1. The number of methoxy groups -OCH3 is 1. The first-order chi connectivity index (χ1) is 10.9. The maximum atomic E-state index is 12.1. The van der Waals surface area contributed by atoms with Gasteiger partial charge in [-0.15, -0.1) is 0 Å². The highest BCUT2D eigenvalue weighted by Gasteiger charge is 2.51. The minimum Gasteiger partial charge on any atom is -0.466 e. The predicted octanol–water partition coefficient (Wildman–Crippen LogP) is 1.03. The van der Waals surface area contributed by atoms with Crippen molar-refractivity contribution >= 4 is 21.5 Å². The highest BCUT2D eigenvalue weighted by molar-refractivity contribution is 7.91. The Morgan fingerprint density at radius 3 is 2.87 bits per heavy atom. The molecule has 8 heteroatoms. The molecule has 1 heterocycles. The number of hydrogen-bond acceptors (Lipinski definition) is 7. The number of esters is 1. The van der Waals surface area contributed by atoms with E-state index in [1.165, 1.54) is 14.0 Å². The van der Waals surface area contributed by atoms with Crippen molar-refractivity contribution in [2.45, 2.75) is 18.9 Å². The topological polar surface area (TPSA) is 106 Å². The molecule has 0 fully saturated rings. The summed E-state index contributed by atoms with van der Waals surface area (Å²) in [6.07, 6.45) is -0.0339. The maximum Gasteiger partial charge on any atom is 0.354 e. The smallest absolute Gasteiger partial charge is 0.354 e. The molecule has 0 amide bonds. The number of nitrogens with zero attached hydrogens (tertiary/aromatic N) is 2. The van der Waals surface area contributed by atoms with Crippen LogP contribution in [0.3, 0.4) is 0 Å². The van der Waals surface area contributed by atoms with Crippen molar-refractivity contribution in [1.82, 2.24) is 0 Å². The Hall–Kier alpha value is -2.40. The molecule has 1 aliphatic heterocycles. The number of benzene rings is 1. The molecule has 0 N–H and O–H groups in total. The normalized spacial score (nSPS) is 20.3. The summed E-state index contributed by atoms with van der Waals surface area (Å²) in [5.74, 6) is -1.41. The van der Waals surface area contributed by atoms with E-state index in [0.717, 1.165) is 0 Å². The standard InChI is InChI=1S/C15H16N2O5S/c1-3-23(19,20)10-15(14(18)21-2)8-13(17-22-15)12-6-4-5-11(7-12)9-16/h4-7H,3,8,10H2,1-2H3. The average Bonchev–Trinajstić information content (AvgIpc) is 2.98. The number of nitriles is 1. The van der Waals surface area contributed by atoms with Gasteiger partial charge in [-0.25, -0.2) is 13.2 Å². The third-order valence-corrected chi connectivity index (χ3v) is 5.34. The molecule has 0 aliphatic carbocycles. The highest BCUT2D eigenvalue weighted by Crippen LogP contribution is 2.30. The van der Waals surface area contributed by atoms with E-state index in [-0.39, 0.29) is 12.2 Å². The molecule has 0 bridgehead atoms. The maximum absolute atomic E-state index is 12.1. The Morgan fingerprint density at radius 1 is 1.52 bits per heavy atom. The quantitative estimate of drug-likeness (QED) is 0.744. The van der Waals surface area contributed by atoms with E-state index < -0.39 is 27.2 Å². The molecule has 1 aromatic carbocycles. The Kier molecular flexibility index (Phi) is 4.71. The van der Waals surface area contributed by atoms with Gasteiger partial charge in [0.15, 0.2) is 9.84 Å². The predicted molar refractivity (Wildman–Crippen MR) is 82.5 cm³/mol. The summed E-state index contributed by atoms with van der Waals surface area (Å²) in [4.78, 5) is 17.3. The largest absolute Gasteiger partial charge is 0.466 e. The van der Waals surface area contributed by atoms with E-state index in [4.69, 9.17) is 14.8 Å². The first-order valence-electron chi connectivity index (χ1n) is 6.90. The third kappa shape index (κ3) is 3.51. The zero-order valence-electron chi connectivity index (χ0n) is 12.8. The Bertz CT molecular complexity index is 794. The van der Waals surface area contributed by atoms with Crippen LogP contribution in [0.15, 0.2) is 29.4 Å². The summed E-state index contributed by atoms with van der Waals surface area (Å²) in [6.45, 7) is 1.49. The fraction of sp³-hybridized carbons (Fsp3) is 0.400. The van der Waals surface area contributed by atoms with E-state index in [0.29, 0.717) is 16.8 Å². The van der Waals surface area contributed by atoms with Gasteiger partial charge in [0.05, 0.1) is 24.5 Å². The molecule has 122 valence electrons. The van der Waals surface area contributed by atoms with E-state index in [1.807, 2.05) is 6.07 Å². The number of oxime groups is 1. The van der Waals surface area contributed by atoms with Gasteiger partial charge >= 0.3 is 5.97 Å². The van der Waals surface area contributed by atoms with E-state index in [1.54, 1.807) is 24.3 Å². The van der Waals surface area contributed by atoms with Crippen molar-refractivity contribution in [3.05, 3.63) is 35.4 Å². The molecule has 23 heavy (non-hydrogen) atoms. The minimum atomic E-state index is -3.49. The molecule has 0 spiro atoms. The Morgan fingerprint density at radius 2 is 2.26 bits per heavy atom. The van der Waals surface area contributed by atoms with Crippen LogP contribution in [0.4, 0.5) is 0 Å². The zero-order chi connectivity index (χ0) is 17.1. The first-order valence-corrected chi connectivity index (χ1v) is 8.72. The zero-order valence-corrected chi connectivity index (χ0v) is 13.6. The molecule has 7 nitrogen and oxygen atoms in total. The second-order valence-corrected chi connectivity index (χ2v) is 7.51. The third-order valence-electron chi connectivity index (χ3n) is 3.56. The van der Waals surface area contributed by atoms with Crippen LogP contribution < -0.4 is 0 Å². The molecular weight excluding hydrogens is 320 g/mol. The van der Waals surface area contributed by atoms with E-state index in [9.17, 15) is 13.2 Å². The van der Waals surface area contributed by atoms with Gasteiger partial charge in [0, 0.05) is 17.7 Å². The van der Waals surface area contributed by atoms with Gasteiger partial charge in [-0.05, 0) is 12.1 Å². The van der Waals surface area contributed by atoms with Crippen LogP contribution in [-0.4, -0.2) is 44.3 Å². The fourth-order valence-corrected chi connectivity index (χ4v) is 3.48. The van der Waals surface area contributed by atoms with Crippen molar-refractivity contribution in [3.63, 3.8) is 0 Å². The molecule has 1 unspecified atom stereocenters. The van der Waals surface area contributed by atoms with Crippen molar-refractivity contribution < 1.29 is 22.8 Å². The lowest BCUT2D eigenvalue weighted by atomic mass is 9.95. The number of carbonyl (C=O) groups is 1. The van der Waals surface area contributed by atoms with Crippen molar-refractivity contribution in [1.29, 1.82) is 5.26 Å². The molecule has 0 aromatic heterocycles. The van der Waals surface area contributed by atoms with Crippen molar-refractivity contribution in [2.24, 2.45) is 5.16 Å². The molecule has 0 radical (unpaired) electrons. The summed E-state index contributed by atoms with van der Waals surface area (Å²) >= 11 is 0. The molecule has 2 rings (SSSR count). The van der Waals surface area contributed by atoms with Crippen molar-refractivity contribution in [2.75, 3.05) is 18.6 Å². The lowest BCUT2D eigenvalue weighted by Gasteiger charge is -2.22. The summed E-state index contributed by atoms with van der Waals surface area (Å²) in [5, 5.41) is 12.8. The van der Waals surface area contributed by atoms with E-state index >= 15 is 0 Å². The van der Waals surface area contributed by atoms with Gasteiger partial charge in [0.2, 0.25) is 0 Å². The molecular formula is C15H16N2O5S. The van der Waals surface area contributed by atoms with Crippen LogP contribution in [0.2, 0.25) is 0 Å². The molecule has 1 atom stereocenters. The molecule has 0 saturated carbocycles. The fourth-order valence-electron chi connectivity index (χ4n) is 2.29. The van der Waals surface area contributed by atoms with Crippen LogP contribution >= 0.6 is 0 Å². The van der Waals surface area contributed by atoms with Gasteiger partial charge in [-0.1, -0.05) is 24.2 Å². The average molecular weight is 336 g/mol. The van der Waals surface area contributed by atoms with Crippen LogP contribution in [-0.2, 0) is 24.2 Å². The Balaban J connectivity index is 2.33. The van der Waals surface area contributed by atoms with Crippen LogP contribution in [0, 0.1) is 11.3 Å². The number of carbonyl (C=O) groups excluding carboxylic acids is 1. The highest BCUT2D eigenvalue weighted by atomic mass is 32.2. The lowest BCUT2D eigenvalue weighted by Crippen LogP contribution is -2.46. The van der Waals surface area contributed by atoms with Gasteiger partial charge in [-0.3, -0.25) is 0 Å². The SMILES string of the molecule is CCS(=O)(=O)CC1(C(=O)OC)CC(c2cccc(C#N)c2)=NO1. The number of rotatable bonds is 5. The van der Waals surface area contributed by atoms with Crippen molar-refractivity contribution in [3.8, 4) is 6.07 Å². The van der Waals surface area contributed by atoms with Crippen LogP contribution in [0.1, 0.15) is 24.5 Å². The number of sulfone groups is 1. The first kappa shape index (κ1) is 17.0. The molecule has 1 aromatic rings. The van der Waals surface area contributed by atoms with Gasteiger partial charge in [-0.2, -0.15) is 5.26 Å². The monoisotopic (exact) mass is 336 g/mol. The van der Waals surface area contributed by atoms with Gasteiger partial charge in [0.25, 0.3) is 5.60 Å². The summed E-state index contributed by atoms with van der Waals surface area (Å²) in [5.41, 5.74) is -0.244. The second-order valence-electron chi connectivity index (χ2n) is 5.16. The summed E-state index contributed by atoms with van der Waals surface area (Å²) in [7, 11) is -2.32. The Labute approximate surface area is 134 Å². The van der Waals surface area contributed by atoms with Crippen LogP contribution in [0.25, 0.3) is 0 Å². The number of hydrogen-bond donors (Lipinski definition) is 0. The van der Waals surface area contributed by atoms with E-state index in [2.05, 4.69) is 5.16 Å².